The first-order valence-corrected chi connectivity index (χ1v) is 6.71. The van der Waals surface area contributed by atoms with Gasteiger partial charge in [-0.2, -0.15) is 11.8 Å². The summed E-state index contributed by atoms with van der Waals surface area (Å²) in [6, 6.07) is 6.58. The third-order valence-corrected chi connectivity index (χ3v) is 3.68. The molecular weight excluding hydrogens is 232 g/mol. The third kappa shape index (κ3) is 5.13. The number of nitrogens with zero attached hydrogens (tertiary/aromatic N) is 1. The number of hydrogen-bond acceptors (Lipinski definition) is 3. The van der Waals surface area contributed by atoms with E-state index in [1.807, 2.05) is 11.8 Å². The molecule has 1 aromatic rings. The summed E-state index contributed by atoms with van der Waals surface area (Å²) in [6.07, 6.45) is 0.617. The van der Waals surface area contributed by atoms with Crippen LogP contribution in [-0.2, 0) is 5.75 Å². The van der Waals surface area contributed by atoms with Crippen molar-refractivity contribution in [3.05, 3.63) is 34.9 Å². The molecule has 0 bridgehead atoms. The third-order valence-electron chi connectivity index (χ3n) is 2.44. The molecule has 0 aromatic heterocycles. The van der Waals surface area contributed by atoms with Gasteiger partial charge in [-0.25, -0.2) is 0 Å². The summed E-state index contributed by atoms with van der Waals surface area (Å²) in [6.45, 7) is 6.31. The lowest BCUT2D eigenvalue weighted by molar-refractivity contribution is 0.317. The van der Waals surface area contributed by atoms with E-state index in [0.717, 1.165) is 5.75 Å². The Bertz CT molecular complexity index is 384. The molecule has 4 heteroatoms. The zero-order chi connectivity index (χ0) is 12.8. The molecule has 0 aliphatic heterocycles. The molecule has 3 N–H and O–H groups in total. The van der Waals surface area contributed by atoms with Crippen LogP contribution in [0.15, 0.2) is 23.4 Å². The van der Waals surface area contributed by atoms with Gasteiger partial charge in [-0.3, -0.25) is 0 Å². The van der Waals surface area contributed by atoms with Crippen molar-refractivity contribution < 1.29 is 5.21 Å². The Morgan fingerprint density at radius 1 is 1.35 bits per heavy atom. The lowest BCUT2D eigenvalue weighted by atomic mass is 10.1. The first kappa shape index (κ1) is 13.9. The smallest absolute Gasteiger partial charge is 0.140 e. The molecule has 1 aromatic carbocycles. The van der Waals surface area contributed by atoms with E-state index < -0.39 is 0 Å². The number of nitrogens with two attached hydrogens (primary N) is 1. The maximum atomic E-state index is 8.50. The van der Waals surface area contributed by atoms with Crippen LogP contribution in [0.4, 0.5) is 0 Å². The Morgan fingerprint density at radius 3 is 2.47 bits per heavy atom. The van der Waals surface area contributed by atoms with E-state index in [1.54, 1.807) is 0 Å². The second kappa shape index (κ2) is 6.55. The lowest BCUT2D eigenvalue weighted by Crippen LogP contribution is -2.16. The van der Waals surface area contributed by atoms with E-state index >= 15 is 0 Å². The van der Waals surface area contributed by atoms with E-state index in [0.29, 0.717) is 17.5 Å². The number of hydrogen-bond donors (Lipinski definition) is 2. The predicted molar refractivity (Wildman–Crippen MR) is 74.7 cm³/mol. The van der Waals surface area contributed by atoms with E-state index in [9.17, 15) is 0 Å². The Morgan fingerprint density at radius 2 is 1.94 bits per heavy atom. The van der Waals surface area contributed by atoms with Crippen molar-refractivity contribution in [3.8, 4) is 0 Å². The average Bonchev–Trinajstić information content (AvgIpc) is 2.25. The number of rotatable bonds is 5. The molecule has 0 amide bonds. The minimum absolute atomic E-state index is 0.297. The van der Waals surface area contributed by atoms with Crippen molar-refractivity contribution in [2.75, 3.05) is 0 Å². The van der Waals surface area contributed by atoms with Crippen LogP contribution in [0.5, 0.6) is 0 Å². The second-order valence-electron chi connectivity index (χ2n) is 4.41. The van der Waals surface area contributed by atoms with Crippen LogP contribution in [0.25, 0.3) is 0 Å². The summed E-state index contributed by atoms with van der Waals surface area (Å²) in [5, 5.41) is 11.8. The van der Waals surface area contributed by atoms with Gasteiger partial charge in [0.05, 0.1) is 0 Å². The molecule has 1 rings (SSSR count). The van der Waals surface area contributed by atoms with Crippen molar-refractivity contribution in [3.63, 3.8) is 0 Å². The van der Waals surface area contributed by atoms with Gasteiger partial charge >= 0.3 is 0 Å². The van der Waals surface area contributed by atoms with Gasteiger partial charge < -0.3 is 10.9 Å². The highest BCUT2D eigenvalue weighted by atomic mass is 32.2. The predicted octanol–water partition coefficient (Wildman–Crippen LogP) is 3.06. The Hall–Kier alpha value is -1.16. The minimum atomic E-state index is 0.297. The molecular formula is C13H20N2OS. The fourth-order valence-electron chi connectivity index (χ4n) is 1.79. The highest BCUT2D eigenvalue weighted by Gasteiger charge is 2.06. The van der Waals surface area contributed by atoms with Gasteiger partial charge in [-0.15, -0.1) is 0 Å². The van der Waals surface area contributed by atoms with Crippen LogP contribution < -0.4 is 5.73 Å². The van der Waals surface area contributed by atoms with Crippen LogP contribution in [0.2, 0.25) is 0 Å². The first-order valence-electron chi connectivity index (χ1n) is 5.66. The van der Waals surface area contributed by atoms with Crippen molar-refractivity contribution in [1.29, 1.82) is 0 Å². The zero-order valence-electron chi connectivity index (χ0n) is 10.6. The normalized spacial score (nSPS) is 13.7. The highest BCUT2D eigenvalue weighted by Crippen LogP contribution is 2.21. The fraction of sp³-hybridized carbons (Fsp3) is 0.462. The molecule has 0 aliphatic rings. The average molecular weight is 252 g/mol. The number of benzene rings is 1. The number of oxime groups is 1. The van der Waals surface area contributed by atoms with E-state index in [4.69, 9.17) is 10.9 Å². The first-order chi connectivity index (χ1) is 8.01. The van der Waals surface area contributed by atoms with Gasteiger partial charge in [0.15, 0.2) is 0 Å². The van der Waals surface area contributed by atoms with Crippen LogP contribution in [0.3, 0.4) is 0 Å². The summed E-state index contributed by atoms with van der Waals surface area (Å²) < 4.78 is 0. The molecule has 0 heterocycles. The molecule has 94 valence electrons. The highest BCUT2D eigenvalue weighted by molar-refractivity contribution is 7.99. The SMILES string of the molecule is Cc1cc(C)cc(CSC(C)CC(N)=NO)c1. The summed E-state index contributed by atoms with van der Waals surface area (Å²) in [5.41, 5.74) is 9.40. The van der Waals surface area contributed by atoms with Crippen LogP contribution in [-0.4, -0.2) is 16.3 Å². The van der Waals surface area contributed by atoms with Crippen molar-refractivity contribution in [2.45, 2.75) is 38.2 Å². The molecule has 0 saturated carbocycles. The maximum absolute atomic E-state index is 8.50. The number of thioether (sulfide) groups is 1. The van der Waals surface area contributed by atoms with E-state index in [-0.39, 0.29) is 0 Å². The Balaban J connectivity index is 2.50. The summed E-state index contributed by atoms with van der Waals surface area (Å²) in [7, 11) is 0. The topological polar surface area (TPSA) is 58.6 Å². The standard InChI is InChI=1S/C13H20N2OS/c1-9-4-10(2)6-12(5-9)8-17-11(3)7-13(14)15-16/h4-6,11,16H,7-8H2,1-3H3,(H2,14,15). The molecule has 0 aliphatic carbocycles. The van der Waals surface area contributed by atoms with E-state index in [2.05, 4.69) is 44.1 Å². The Labute approximate surface area is 107 Å². The minimum Gasteiger partial charge on any atom is -0.409 e. The summed E-state index contributed by atoms with van der Waals surface area (Å²) in [5.74, 6) is 1.26. The van der Waals surface area contributed by atoms with E-state index in [1.165, 1.54) is 16.7 Å². The molecule has 0 fully saturated rings. The van der Waals surface area contributed by atoms with Crippen molar-refractivity contribution in [1.82, 2.24) is 0 Å². The number of amidine groups is 1. The molecule has 0 spiro atoms. The molecule has 0 radical (unpaired) electrons. The van der Waals surface area contributed by atoms with Gasteiger partial charge in [0, 0.05) is 17.4 Å². The summed E-state index contributed by atoms with van der Waals surface area (Å²) >= 11 is 1.82. The van der Waals surface area contributed by atoms with Gasteiger partial charge in [0.1, 0.15) is 5.84 Å². The van der Waals surface area contributed by atoms with Crippen LogP contribution >= 0.6 is 11.8 Å². The molecule has 1 atom stereocenters. The molecule has 0 saturated heterocycles. The van der Waals surface area contributed by atoms with Crippen molar-refractivity contribution in [2.24, 2.45) is 10.9 Å². The molecule has 3 nitrogen and oxygen atoms in total. The lowest BCUT2D eigenvalue weighted by Gasteiger charge is -2.11. The molecule has 1 unspecified atom stereocenters. The fourth-order valence-corrected chi connectivity index (χ4v) is 2.72. The monoisotopic (exact) mass is 252 g/mol. The second-order valence-corrected chi connectivity index (χ2v) is 5.84. The molecule has 17 heavy (non-hydrogen) atoms. The zero-order valence-corrected chi connectivity index (χ0v) is 11.4. The van der Waals surface area contributed by atoms with Crippen LogP contribution in [0.1, 0.15) is 30.0 Å². The van der Waals surface area contributed by atoms with Gasteiger partial charge in [-0.1, -0.05) is 41.4 Å². The van der Waals surface area contributed by atoms with Gasteiger partial charge in [0.25, 0.3) is 0 Å². The van der Waals surface area contributed by atoms with Crippen molar-refractivity contribution >= 4 is 17.6 Å². The number of aryl methyl sites for hydroxylation is 2. The quantitative estimate of drug-likeness (QED) is 0.366. The Kier molecular flexibility index (Phi) is 5.35. The van der Waals surface area contributed by atoms with Gasteiger partial charge in [-0.05, 0) is 19.4 Å². The van der Waals surface area contributed by atoms with Gasteiger partial charge in [0.2, 0.25) is 0 Å². The maximum Gasteiger partial charge on any atom is 0.140 e. The largest absolute Gasteiger partial charge is 0.409 e. The van der Waals surface area contributed by atoms with Crippen LogP contribution in [0, 0.1) is 13.8 Å². The summed E-state index contributed by atoms with van der Waals surface area (Å²) in [4.78, 5) is 0.